The van der Waals surface area contributed by atoms with Crippen molar-refractivity contribution in [1.82, 2.24) is 10.3 Å². The molecule has 2 heterocycles. The number of ether oxygens (including phenoxy) is 4. The van der Waals surface area contributed by atoms with Crippen LogP contribution in [0.25, 0.3) is 21.7 Å². The molecule has 0 spiro atoms. The Morgan fingerprint density at radius 2 is 1.69 bits per heavy atom. The first-order valence-corrected chi connectivity index (χ1v) is 17.7. The summed E-state index contributed by atoms with van der Waals surface area (Å²) in [7, 11) is 0. The molecule has 0 saturated heterocycles. The minimum Gasteiger partial charge on any atom is -0.488 e. The van der Waals surface area contributed by atoms with Gasteiger partial charge in [0.15, 0.2) is 11.5 Å². The highest BCUT2D eigenvalue weighted by Crippen LogP contribution is 2.38. The lowest BCUT2D eigenvalue weighted by Crippen LogP contribution is -2.52. The molecule has 0 saturated carbocycles. The summed E-state index contributed by atoms with van der Waals surface area (Å²) in [5.74, 6) is 0.0571. The second-order valence-electron chi connectivity index (χ2n) is 12.5. The van der Waals surface area contributed by atoms with Crippen LogP contribution < -0.4 is 24.3 Å². The standard InChI is InChI=1S/C39H37ClN2O9S/c1-23-27(7-4-8-30(23)25-9-10-32-35(15-25)49-12-11-48-32)20-51-34-17-33(28(14-31(34)40)18-41-39(2,22-43)38(46)47)50-19-24-5-3-6-26(13-24)37-42-29(21-52-37)16-36(44)45/h3-10,13-15,17,21,41,43H,11-12,16,18-20,22H2,1-2H3,(H,44,45)(H,46,47)/t39-/m0/s1. The highest BCUT2D eigenvalue weighted by Gasteiger charge is 2.32. The number of halogens is 1. The van der Waals surface area contributed by atoms with Gasteiger partial charge in [-0.1, -0.05) is 54.1 Å². The van der Waals surface area contributed by atoms with Crippen molar-refractivity contribution in [2.45, 2.75) is 45.6 Å². The number of hydrogen-bond acceptors (Lipinski definition) is 10. The van der Waals surface area contributed by atoms with E-state index >= 15 is 0 Å². The van der Waals surface area contributed by atoms with Gasteiger partial charge in [-0.05, 0) is 65.9 Å². The number of rotatable bonds is 15. The van der Waals surface area contributed by atoms with Crippen LogP contribution in [0.2, 0.25) is 5.02 Å². The number of hydrogen-bond donors (Lipinski definition) is 4. The first-order valence-electron chi connectivity index (χ1n) is 16.4. The fourth-order valence-corrected chi connectivity index (χ4v) is 6.66. The monoisotopic (exact) mass is 744 g/mol. The molecular formula is C39H37ClN2O9S. The number of benzene rings is 4. The number of nitrogens with one attached hydrogen (secondary N) is 1. The third-order valence-electron chi connectivity index (χ3n) is 8.71. The van der Waals surface area contributed by atoms with Gasteiger partial charge in [-0.15, -0.1) is 11.3 Å². The maximum absolute atomic E-state index is 11.9. The average molecular weight is 745 g/mol. The second kappa shape index (κ2) is 16.0. The average Bonchev–Trinajstić information content (AvgIpc) is 3.61. The summed E-state index contributed by atoms with van der Waals surface area (Å²) < 4.78 is 24.1. The first kappa shape index (κ1) is 36.6. The molecule has 270 valence electrons. The summed E-state index contributed by atoms with van der Waals surface area (Å²) in [4.78, 5) is 27.5. The molecule has 1 aliphatic rings. The fourth-order valence-electron chi connectivity index (χ4n) is 5.60. The quantitative estimate of drug-likeness (QED) is 0.0883. The van der Waals surface area contributed by atoms with Crippen molar-refractivity contribution in [2.24, 2.45) is 0 Å². The van der Waals surface area contributed by atoms with Crippen LogP contribution in [-0.2, 0) is 35.8 Å². The Bertz CT molecular complexity index is 2100. The van der Waals surface area contributed by atoms with Crippen LogP contribution in [0.5, 0.6) is 23.0 Å². The van der Waals surface area contributed by atoms with Crippen molar-refractivity contribution in [3.8, 4) is 44.7 Å². The Morgan fingerprint density at radius 1 is 0.923 bits per heavy atom. The molecule has 4 aromatic carbocycles. The zero-order valence-electron chi connectivity index (χ0n) is 28.5. The number of nitrogens with zero attached hydrogens (tertiary/aromatic N) is 1. The third-order valence-corrected chi connectivity index (χ3v) is 9.94. The van der Waals surface area contributed by atoms with E-state index in [1.165, 1.54) is 18.3 Å². The van der Waals surface area contributed by atoms with E-state index in [0.717, 1.165) is 39.1 Å². The molecule has 0 aliphatic carbocycles. The topological polar surface area (TPSA) is 157 Å². The largest absolute Gasteiger partial charge is 0.488 e. The van der Waals surface area contributed by atoms with Gasteiger partial charge >= 0.3 is 11.9 Å². The Hall–Kier alpha value is -5.14. The summed E-state index contributed by atoms with van der Waals surface area (Å²) in [5, 5.41) is 34.2. The number of carboxylic acid groups (broad SMARTS) is 2. The van der Waals surface area contributed by atoms with E-state index in [0.29, 0.717) is 51.7 Å². The van der Waals surface area contributed by atoms with Crippen molar-refractivity contribution in [3.05, 3.63) is 111 Å². The van der Waals surface area contributed by atoms with Gasteiger partial charge < -0.3 is 34.3 Å². The van der Waals surface area contributed by atoms with E-state index in [1.54, 1.807) is 17.5 Å². The van der Waals surface area contributed by atoms with Crippen LogP contribution in [0.3, 0.4) is 0 Å². The van der Waals surface area contributed by atoms with Gasteiger partial charge in [-0.3, -0.25) is 14.9 Å². The van der Waals surface area contributed by atoms with E-state index in [1.807, 2.05) is 67.6 Å². The Morgan fingerprint density at radius 3 is 2.46 bits per heavy atom. The molecule has 0 fully saturated rings. The number of aliphatic hydroxyl groups is 1. The third kappa shape index (κ3) is 8.48. The smallest absolute Gasteiger partial charge is 0.326 e. The lowest BCUT2D eigenvalue weighted by molar-refractivity contribution is -0.146. The van der Waals surface area contributed by atoms with Crippen LogP contribution >= 0.6 is 22.9 Å². The molecule has 0 radical (unpaired) electrons. The summed E-state index contributed by atoms with van der Waals surface area (Å²) in [6, 6.07) is 22.8. The fraction of sp³-hybridized carbons (Fsp3) is 0.256. The number of aromatic nitrogens is 1. The second-order valence-corrected chi connectivity index (χ2v) is 13.7. The summed E-state index contributed by atoms with van der Waals surface area (Å²) in [5.41, 5.74) is 5.08. The van der Waals surface area contributed by atoms with Crippen molar-refractivity contribution in [2.75, 3.05) is 19.8 Å². The van der Waals surface area contributed by atoms with Gasteiger partial charge in [-0.2, -0.15) is 0 Å². The number of carbonyl (C=O) groups is 2. The molecule has 0 bridgehead atoms. The number of aliphatic carboxylic acids is 2. The Balaban J connectivity index is 1.23. The molecule has 0 amide bonds. The van der Waals surface area contributed by atoms with E-state index in [-0.39, 0.29) is 26.2 Å². The van der Waals surface area contributed by atoms with Crippen molar-refractivity contribution in [1.29, 1.82) is 0 Å². The van der Waals surface area contributed by atoms with E-state index < -0.39 is 24.1 Å². The van der Waals surface area contributed by atoms with Crippen LogP contribution in [0.15, 0.2) is 78.2 Å². The van der Waals surface area contributed by atoms with Crippen LogP contribution in [-0.4, -0.2) is 57.6 Å². The van der Waals surface area contributed by atoms with Gasteiger partial charge in [0.05, 0.1) is 23.7 Å². The molecule has 13 heteroatoms. The lowest BCUT2D eigenvalue weighted by Gasteiger charge is -2.25. The summed E-state index contributed by atoms with van der Waals surface area (Å²) >= 11 is 8.11. The predicted octanol–water partition coefficient (Wildman–Crippen LogP) is 6.92. The Labute approximate surface area is 309 Å². The number of fused-ring (bicyclic) bond motifs is 1. The maximum atomic E-state index is 11.9. The highest BCUT2D eigenvalue weighted by molar-refractivity contribution is 7.13. The van der Waals surface area contributed by atoms with Crippen LogP contribution in [0, 0.1) is 6.92 Å². The van der Waals surface area contributed by atoms with Crippen LogP contribution in [0.1, 0.15) is 34.9 Å². The van der Waals surface area contributed by atoms with Crippen LogP contribution in [0.4, 0.5) is 0 Å². The van der Waals surface area contributed by atoms with E-state index in [2.05, 4.69) is 10.3 Å². The SMILES string of the molecule is Cc1c(COc2cc(OCc3cccc(-c4nc(CC(=O)O)cs4)c3)c(CN[C@@](C)(CO)C(=O)O)cc2Cl)cccc1-c1ccc2c(c1)OCCO2. The van der Waals surface area contributed by atoms with Crippen molar-refractivity contribution in [3.63, 3.8) is 0 Å². The number of aliphatic hydroxyl groups excluding tert-OH is 1. The number of carboxylic acids is 2. The predicted molar refractivity (Wildman–Crippen MR) is 197 cm³/mol. The minimum atomic E-state index is -1.60. The molecule has 11 nitrogen and oxygen atoms in total. The van der Waals surface area contributed by atoms with Gasteiger partial charge in [0.1, 0.15) is 48.5 Å². The summed E-state index contributed by atoms with van der Waals surface area (Å²) in [6.07, 6.45) is -0.154. The van der Waals surface area contributed by atoms with Gasteiger partial charge in [0, 0.05) is 29.1 Å². The van der Waals surface area contributed by atoms with Gasteiger partial charge in [0.25, 0.3) is 0 Å². The minimum absolute atomic E-state index is 0.0287. The Kier molecular flexibility index (Phi) is 11.3. The first-order chi connectivity index (χ1) is 25.0. The molecule has 0 unspecified atom stereocenters. The molecule has 52 heavy (non-hydrogen) atoms. The van der Waals surface area contributed by atoms with Gasteiger partial charge in [0.2, 0.25) is 0 Å². The normalized spacial score (nSPS) is 13.3. The van der Waals surface area contributed by atoms with Crippen molar-refractivity contribution >= 4 is 34.9 Å². The van der Waals surface area contributed by atoms with Crippen molar-refractivity contribution < 1.29 is 43.9 Å². The molecule has 1 aliphatic heterocycles. The maximum Gasteiger partial charge on any atom is 0.326 e. The molecule has 5 aromatic rings. The molecule has 4 N–H and O–H groups in total. The number of thiazole rings is 1. The molecular weight excluding hydrogens is 708 g/mol. The molecule has 1 atom stereocenters. The van der Waals surface area contributed by atoms with Gasteiger partial charge in [-0.25, -0.2) is 4.98 Å². The highest BCUT2D eigenvalue weighted by atomic mass is 35.5. The molecule has 6 rings (SSSR count). The zero-order chi connectivity index (χ0) is 36.8. The molecule has 1 aromatic heterocycles. The zero-order valence-corrected chi connectivity index (χ0v) is 30.1. The van der Waals surface area contributed by atoms with E-state index in [9.17, 15) is 19.8 Å². The van der Waals surface area contributed by atoms with E-state index in [4.69, 9.17) is 35.7 Å². The lowest BCUT2D eigenvalue weighted by atomic mass is 9.96. The summed E-state index contributed by atoms with van der Waals surface area (Å²) in [6.45, 7) is 4.20.